The van der Waals surface area contributed by atoms with Crippen molar-refractivity contribution in [2.24, 2.45) is 5.92 Å². The minimum absolute atomic E-state index is 0.872. The highest BCUT2D eigenvalue weighted by molar-refractivity contribution is 14.2. The molecule has 0 aliphatic heterocycles. The monoisotopic (exact) mass is 434 g/mol. The summed E-state index contributed by atoms with van der Waals surface area (Å²) in [6.45, 7) is 0. The van der Waals surface area contributed by atoms with Crippen molar-refractivity contribution in [1.82, 2.24) is 0 Å². The third-order valence-electron chi connectivity index (χ3n) is 1.08. The Balaban J connectivity index is 2.20. The summed E-state index contributed by atoms with van der Waals surface area (Å²) in [6.07, 6.45) is 1.46. The molecule has 1 aliphatic carbocycles. The summed E-state index contributed by atoms with van der Waals surface area (Å²) in [7, 11) is 0. The van der Waals surface area contributed by atoms with Crippen molar-refractivity contribution in [3.63, 3.8) is 0 Å². The summed E-state index contributed by atoms with van der Waals surface area (Å²) in [5.41, 5.74) is 0. The zero-order valence-electron chi connectivity index (χ0n) is 3.57. The van der Waals surface area contributed by atoms with Gasteiger partial charge in [0.05, 0.1) is 1.93 Å². The van der Waals surface area contributed by atoms with Gasteiger partial charge in [-0.2, -0.15) is 0 Å². The number of alkyl halides is 3. The van der Waals surface area contributed by atoms with Crippen LogP contribution in [-0.4, -0.2) is 5.86 Å². The van der Waals surface area contributed by atoms with Gasteiger partial charge in [0.2, 0.25) is 0 Å². The maximum Gasteiger partial charge on any atom is 0.0665 e. The topological polar surface area (TPSA) is 0 Å². The van der Waals surface area contributed by atoms with Gasteiger partial charge < -0.3 is 0 Å². The van der Waals surface area contributed by atoms with Crippen LogP contribution in [0.3, 0.4) is 0 Å². The Labute approximate surface area is 84.6 Å². The van der Waals surface area contributed by atoms with Crippen LogP contribution < -0.4 is 0 Å². The largest absolute Gasteiger partial charge is 0.0822 e. The quantitative estimate of drug-likeness (QED) is 0.440. The average Bonchev–Trinajstić information content (AvgIpc) is 2.17. The Morgan fingerprint density at radius 3 is 1.86 bits per heavy atom. The fourth-order valence-electron chi connectivity index (χ4n) is 0.442. The van der Waals surface area contributed by atoms with Crippen LogP contribution in [0.4, 0.5) is 0 Å². The van der Waals surface area contributed by atoms with Gasteiger partial charge in [-0.05, 0) is 12.3 Å². The second-order valence-corrected chi connectivity index (χ2v) is 8.42. The molecule has 1 rings (SSSR count). The summed E-state index contributed by atoms with van der Waals surface area (Å²) in [5.74, 6) is 1.03. The van der Waals surface area contributed by atoms with E-state index in [2.05, 4.69) is 67.8 Å². The average molecular weight is 434 g/mol. The fourth-order valence-corrected chi connectivity index (χ4v) is 4.62. The number of rotatable bonds is 1. The predicted molar refractivity (Wildman–Crippen MR) is 57.7 cm³/mol. The van der Waals surface area contributed by atoms with E-state index >= 15 is 0 Å². The van der Waals surface area contributed by atoms with Crippen LogP contribution in [-0.2, 0) is 0 Å². The van der Waals surface area contributed by atoms with Crippen molar-refractivity contribution in [3.05, 3.63) is 0 Å². The molecule has 0 amide bonds. The third kappa shape index (κ3) is 2.11. The first-order valence-corrected chi connectivity index (χ1v) is 5.87. The molecule has 0 N–H and O–H groups in total. The molecular weight excluding hydrogens is 429 g/mol. The van der Waals surface area contributed by atoms with Crippen LogP contribution >= 0.6 is 67.8 Å². The number of hydrogen-bond donors (Lipinski definition) is 0. The lowest BCUT2D eigenvalue weighted by Gasteiger charge is -1.91. The van der Waals surface area contributed by atoms with Crippen LogP contribution in [0.5, 0.6) is 0 Å². The first kappa shape index (κ1) is 7.30. The van der Waals surface area contributed by atoms with Crippen LogP contribution in [0, 0.1) is 5.92 Å². The standard InChI is InChI=1S/C4H5I3/c5-3-1-2(3)4(6)7/h2-4H,1H2. The van der Waals surface area contributed by atoms with E-state index < -0.39 is 0 Å². The van der Waals surface area contributed by atoms with Crippen LogP contribution in [0.15, 0.2) is 0 Å². The van der Waals surface area contributed by atoms with E-state index in [0.29, 0.717) is 0 Å². The van der Waals surface area contributed by atoms with Gasteiger partial charge >= 0.3 is 0 Å². The van der Waals surface area contributed by atoms with Crippen LogP contribution in [0.25, 0.3) is 0 Å². The van der Waals surface area contributed by atoms with Gasteiger partial charge in [0.25, 0.3) is 0 Å². The van der Waals surface area contributed by atoms with Gasteiger partial charge in [-0.15, -0.1) is 0 Å². The van der Waals surface area contributed by atoms with Gasteiger partial charge in [-0.25, -0.2) is 0 Å². The smallest absolute Gasteiger partial charge is 0.0665 e. The van der Waals surface area contributed by atoms with Crippen molar-refractivity contribution in [3.8, 4) is 0 Å². The molecule has 0 aromatic rings. The molecule has 2 unspecified atom stereocenters. The fraction of sp³-hybridized carbons (Fsp3) is 1.00. The molecule has 0 bridgehead atoms. The molecule has 1 fully saturated rings. The highest BCUT2D eigenvalue weighted by Crippen LogP contribution is 2.46. The highest BCUT2D eigenvalue weighted by atomic mass is 127. The molecule has 3 heteroatoms. The zero-order chi connectivity index (χ0) is 5.44. The minimum Gasteiger partial charge on any atom is -0.0822 e. The van der Waals surface area contributed by atoms with Crippen LogP contribution in [0.1, 0.15) is 6.42 Å². The summed E-state index contributed by atoms with van der Waals surface area (Å²) in [6, 6.07) is 0. The first-order chi connectivity index (χ1) is 3.22. The van der Waals surface area contributed by atoms with E-state index in [1.165, 1.54) is 6.42 Å². The van der Waals surface area contributed by atoms with Gasteiger partial charge in [0.1, 0.15) is 0 Å². The molecule has 0 saturated heterocycles. The summed E-state index contributed by atoms with van der Waals surface area (Å²) >= 11 is 7.51. The molecule has 0 aromatic carbocycles. The van der Waals surface area contributed by atoms with E-state index in [1.807, 2.05) is 0 Å². The van der Waals surface area contributed by atoms with Gasteiger partial charge in [-0.1, -0.05) is 67.8 Å². The SMILES string of the molecule is IC(I)C1CC1I. The van der Waals surface area contributed by atoms with E-state index in [0.717, 1.165) is 11.8 Å². The maximum atomic E-state index is 2.52. The molecule has 42 valence electrons. The lowest BCUT2D eigenvalue weighted by atomic mass is 10.5. The van der Waals surface area contributed by atoms with E-state index in [9.17, 15) is 0 Å². The molecule has 1 aliphatic rings. The number of halogens is 3. The highest BCUT2D eigenvalue weighted by Gasteiger charge is 2.38. The minimum atomic E-state index is 0.872. The van der Waals surface area contributed by atoms with E-state index in [1.54, 1.807) is 0 Å². The second-order valence-electron chi connectivity index (χ2n) is 1.75. The molecule has 7 heavy (non-hydrogen) atoms. The Bertz CT molecular complexity index is 71.3. The van der Waals surface area contributed by atoms with Crippen molar-refractivity contribution < 1.29 is 0 Å². The molecule has 0 aromatic heterocycles. The van der Waals surface area contributed by atoms with Crippen molar-refractivity contribution in [1.29, 1.82) is 0 Å². The van der Waals surface area contributed by atoms with Gasteiger partial charge in [0.15, 0.2) is 0 Å². The van der Waals surface area contributed by atoms with Gasteiger partial charge in [-0.3, -0.25) is 0 Å². The van der Waals surface area contributed by atoms with Crippen LogP contribution in [0.2, 0.25) is 0 Å². The molecule has 0 nitrogen and oxygen atoms in total. The zero-order valence-corrected chi connectivity index (χ0v) is 10.0. The molecular formula is C4H5I3. The Hall–Kier alpha value is 2.19. The predicted octanol–water partition coefficient (Wildman–Crippen LogP) is 3.01. The molecule has 2 atom stereocenters. The Morgan fingerprint density at radius 1 is 1.43 bits per heavy atom. The van der Waals surface area contributed by atoms with E-state index in [-0.39, 0.29) is 0 Å². The van der Waals surface area contributed by atoms with Crippen molar-refractivity contribution in [2.45, 2.75) is 12.3 Å². The Kier molecular flexibility index (Phi) is 2.97. The summed E-state index contributed by atoms with van der Waals surface area (Å²) < 4.78 is 1.87. The summed E-state index contributed by atoms with van der Waals surface area (Å²) in [4.78, 5) is 0. The maximum absolute atomic E-state index is 2.52. The Morgan fingerprint density at radius 2 is 1.86 bits per heavy atom. The van der Waals surface area contributed by atoms with Crippen molar-refractivity contribution in [2.75, 3.05) is 0 Å². The molecule has 0 spiro atoms. The van der Waals surface area contributed by atoms with Gasteiger partial charge in [0, 0.05) is 3.92 Å². The normalized spacial score (nSPS) is 39.4. The number of hydrogen-bond acceptors (Lipinski definition) is 0. The lowest BCUT2D eigenvalue weighted by Crippen LogP contribution is -1.87. The molecule has 0 heterocycles. The second kappa shape index (κ2) is 2.85. The third-order valence-corrected chi connectivity index (χ3v) is 4.36. The lowest BCUT2D eigenvalue weighted by molar-refractivity contribution is 1.01. The van der Waals surface area contributed by atoms with E-state index in [4.69, 9.17) is 0 Å². The first-order valence-electron chi connectivity index (χ1n) is 2.14. The molecule has 0 radical (unpaired) electrons. The molecule has 1 saturated carbocycles. The summed E-state index contributed by atoms with van der Waals surface area (Å²) in [5, 5.41) is 0. The van der Waals surface area contributed by atoms with Crippen molar-refractivity contribution >= 4 is 67.8 Å².